The summed E-state index contributed by atoms with van der Waals surface area (Å²) in [7, 11) is 0. The Morgan fingerprint density at radius 1 is 1.27 bits per heavy atom. The molecular formula is C20H27F2N3O. The quantitative estimate of drug-likeness (QED) is 0.660. The Labute approximate surface area is 153 Å². The van der Waals surface area contributed by atoms with Crippen molar-refractivity contribution in [3.8, 4) is 0 Å². The first-order chi connectivity index (χ1) is 12.6. The van der Waals surface area contributed by atoms with Crippen LogP contribution in [0, 0.1) is 23.5 Å². The predicted molar refractivity (Wildman–Crippen MR) is 97.2 cm³/mol. The van der Waals surface area contributed by atoms with Crippen molar-refractivity contribution in [3.63, 3.8) is 0 Å². The molecule has 3 heterocycles. The minimum Gasteiger partial charge on any atom is -0.374 e. The van der Waals surface area contributed by atoms with Crippen molar-refractivity contribution in [1.82, 2.24) is 10.2 Å². The first-order valence-electron chi connectivity index (χ1n) is 9.70. The largest absolute Gasteiger partial charge is 0.374 e. The maximum absolute atomic E-state index is 14.0. The molecule has 1 aromatic carbocycles. The van der Waals surface area contributed by atoms with Gasteiger partial charge in [0.1, 0.15) is 11.6 Å². The van der Waals surface area contributed by atoms with E-state index < -0.39 is 11.6 Å². The lowest BCUT2D eigenvalue weighted by Gasteiger charge is -2.24. The molecule has 3 aliphatic rings. The maximum Gasteiger partial charge on any atom is 0.193 e. The van der Waals surface area contributed by atoms with Gasteiger partial charge in [0.15, 0.2) is 5.96 Å². The number of guanidine groups is 1. The van der Waals surface area contributed by atoms with Gasteiger partial charge in [0.05, 0.1) is 12.2 Å². The number of likely N-dealkylation sites (tertiary alicyclic amines) is 1. The summed E-state index contributed by atoms with van der Waals surface area (Å²) in [6.45, 7) is 7.22. The van der Waals surface area contributed by atoms with Crippen LogP contribution in [0.5, 0.6) is 0 Å². The van der Waals surface area contributed by atoms with Crippen molar-refractivity contribution in [1.29, 1.82) is 0 Å². The number of fused-ring (bicyclic) bond motifs is 5. The average molecular weight is 363 g/mol. The SMILES string of the molecule is CCNC(=NCC(C)c1ccc(F)cc1F)N1CC2C3CCC(O3)C2C1. The summed E-state index contributed by atoms with van der Waals surface area (Å²) < 4.78 is 33.2. The van der Waals surface area contributed by atoms with Crippen molar-refractivity contribution >= 4 is 5.96 Å². The van der Waals surface area contributed by atoms with E-state index in [0.29, 0.717) is 36.2 Å². The van der Waals surface area contributed by atoms with E-state index >= 15 is 0 Å². The van der Waals surface area contributed by atoms with E-state index in [1.807, 2.05) is 6.92 Å². The van der Waals surface area contributed by atoms with Gasteiger partial charge in [-0.15, -0.1) is 0 Å². The molecule has 3 aliphatic heterocycles. The molecule has 26 heavy (non-hydrogen) atoms. The number of benzene rings is 1. The van der Waals surface area contributed by atoms with E-state index in [4.69, 9.17) is 9.73 Å². The van der Waals surface area contributed by atoms with Crippen molar-refractivity contribution in [2.24, 2.45) is 16.8 Å². The Hall–Kier alpha value is -1.69. The van der Waals surface area contributed by atoms with E-state index in [0.717, 1.165) is 31.7 Å². The van der Waals surface area contributed by atoms with Crippen LogP contribution in [-0.2, 0) is 4.74 Å². The molecule has 5 unspecified atom stereocenters. The Balaban J connectivity index is 1.44. The second-order valence-corrected chi connectivity index (χ2v) is 7.78. The molecule has 0 aliphatic carbocycles. The van der Waals surface area contributed by atoms with Gasteiger partial charge in [0.25, 0.3) is 0 Å². The van der Waals surface area contributed by atoms with Gasteiger partial charge in [-0.1, -0.05) is 13.0 Å². The monoisotopic (exact) mass is 363 g/mol. The average Bonchev–Trinajstić information content (AvgIpc) is 3.30. The van der Waals surface area contributed by atoms with Gasteiger partial charge in [-0.2, -0.15) is 0 Å². The molecule has 0 radical (unpaired) electrons. The fourth-order valence-corrected chi connectivity index (χ4v) is 4.78. The number of nitrogens with zero attached hydrogens (tertiary/aromatic N) is 2. The summed E-state index contributed by atoms with van der Waals surface area (Å²) in [5, 5.41) is 3.38. The number of nitrogens with one attached hydrogen (secondary N) is 1. The minimum absolute atomic E-state index is 0.106. The third kappa shape index (κ3) is 3.20. The van der Waals surface area contributed by atoms with Crippen LogP contribution in [0.1, 0.15) is 38.2 Å². The second-order valence-electron chi connectivity index (χ2n) is 7.78. The topological polar surface area (TPSA) is 36.9 Å². The van der Waals surface area contributed by atoms with Crippen LogP contribution in [0.3, 0.4) is 0 Å². The summed E-state index contributed by atoms with van der Waals surface area (Å²) in [4.78, 5) is 7.10. The van der Waals surface area contributed by atoms with Gasteiger partial charge in [-0.05, 0) is 31.4 Å². The Morgan fingerprint density at radius 2 is 1.96 bits per heavy atom. The molecule has 3 fully saturated rings. The molecule has 0 spiro atoms. The molecule has 0 amide bonds. The van der Waals surface area contributed by atoms with E-state index in [9.17, 15) is 8.78 Å². The van der Waals surface area contributed by atoms with Crippen LogP contribution >= 0.6 is 0 Å². The minimum atomic E-state index is -0.546. The zero-order chi connectivity index (χ0) is 18.3. The number of halogens is 2. The highest BCUT2D eigenvalue weighted by Gasteiger charge is 2.53. The Bertz CT molecular complexity index is 678. The van der Waals surface area contributed by atoms with Crippen molar-refractivity contribution in [3.05, 3.63) is 35.4 Å². The van der Waals surface area contributed by atoms with Crippen LogP contribution in [0.4, 0.5) is 8.78 Å². The molecule has 1 N–H and O–H groups in total. The molecule has 142 valence electrons. The number of rotatable bonds is 4. The van der Waals surface area contributed by atoms with Crippen LogP contribution in [-0.4, -0.2) is 49.2 Å². The number of ether oxygens (including phenoxy) is 1. The smallest absolute Gasteiger partial charge is 0.193 e. The summed E-state index contributed by atoms with van der Waals surface area (Å²) >= 11 is 0. The highest BCUT2D eigenvalue weighted by molar-refractivity contribution is 5.80. The normalized spacial score (nSPS) is 31.4. The van der Waals surface area contributed by atoms with Gasteiger partial charge in [-0.3, -0.25) is 4.99 Å². The molecule has 1 aromatic rings. The van der Waals surface area contributed by atoms with Crippen LogP contribution < -0.4 is 5.32 Å². The maximum atomic E-state index is 14.0. The van der Waals surface area contributed by atoms with Gasteiger partial charge in [-0.25, -0.2) is 8.78 Å². The lowest BCUT2D eigenvalue weighted by atomic mass is 9.82. The van der Waals surface area contributed by atoms with E-state index in [2.05, 4.69) is 17.1 Å². The van der Waals surface area contributed by atoms with Gasteiger partial charge in [0.2, 0.25) is 0 Å². The third-order valence-electron chi connectivity index (χ3n) is 6.10. The van der Waals surface area contributed by atoms with E-state index in [-0.39, 0.29) is 5.92 Å². The van der Waals surface area contributed by atoms with E-state index in [1.165, 1.54) is 25.0 Å². The third-order valence-corrected chi connectivity index (χ3v) is 6.10. The van der Waals surface area contributed by atoms with Crippen LogP contribution in [0.25, 0.3) is 0 Å². The highest BCUT2D eigenvalue weighted by atomic mass is 19.1. The zero-order valence-corrected chi connectivity index (χ0v) is 15.4. The Morgan fingerprint density at radius 3 is 2.58 bits per heavy atom. The first kappa shape index (κ1) is 17.7. The molecule has 5 atom stereocenters. The summed E-state index contributed by atoms with van der Waals surface area (Å²) in [5.74, 6) is 0.980. The molecule has 4 nitrogen and oxygen atoms in total. The molecule has 3 saturated heterocycles. The fraction of sp³-hybridized carbons (Fsp3) is 0.650. The standard InChI is InChI=1S/C20H27F2N3O/c1-3-23-20(24-9-12(2)14-5-4-13(21)8-17(14)22)25-10-15-16(11-25)19-7-6-18(15)26-19/h4-5,8,12,15-16,18-19H,3,6-7,9-11H2,1-2H3,(H,23,24). The molecule has 0 saturated carbocycles. The van der Waals surface area contributed by atoms with E-state index in [1.54, 1.807) is 0 Å². The van der Waals surface area contributed by atoms with Crippen LogP contribution in [0.2, 0.25) is 0 Å². The lowest BCUT2D eigenvalue weighted by Crippen LogP contribution is -2.41. The molecule has 4 rings (SSSR count). The summed E-state index contributed by atoms with van der Waals surface area (Å²) in [6.07, 6.45) is 3.22. The number of aliphatic imine (C=N–C) groups is 1. The Kier molecular flexibility index (Phi) is 4.86. The number of hydrogen-bond donors (Lipinski definition) is 1. The molecule has 0 aromatic heterocycles. The van der Waals surface area contributed by atoms with Gasteiger partial charge in [0, 0.05) is 50.0 Å². The fourth-order valence-electron chi connectivity index (χ4n) is 4.78. The predicted octanol–water partition coefficient (Wildman–Crippen LogP) is 3.14. The molecule has 2 bridgehead atoms. The van der Waals surface area contributed by atoms with Crippen LogP contribution in [0.15, 0.2) is 23.2 Å². The highest BCUT2D eigenvalue weighted by Crippen LogP contribution is 2.47. The van der Waals surface area contributed by atoms with Gasteiger partial charge >= 0.3 is 0 Å². The van der Waals surface area contributed by atoms with Crippen molar-refractivity contribution in [2.45, 2.75) is 44.8 Å². The first-order valence-corrected chi connectivity index (χ1v) is 9.70. The van der Waals surface area contributed by atoms with Gasteiger partial charge < -0.3 is 15.0 Å². The summed E-state index contributed by atoms with van der Waals surface area (Å²) in [5.41, 5.74) is 0.510. The second kappa shape index (κ2) is 7.14. The molecular weight excluding hydrogens is 336 g/mol. The van der Waals surface area contributed by atoms with Crippen molar-refractivity contribution in [2.75, 3.05) is 26.2 Å². The van der Waals surface area contributed by atoms with Crippen molar-refractivity contribution < 1.29 is 13.5 Å². The molecule has 6 heteroatoms. The lowest BCUT2D eigenvalue weighted by molar-refractivity contribution is 0.0767. The summed E-state index contributed by atoms with van der Waals surface area (Å²) in [6, 6.07) is 3.77. The zero-order valence-electron chi connectivity index (χ0n) is 15.4. The number of hydrogen-bond acceptors (Lipinski definition) is 2.